The maximum absolute atomic E-state index is 10.0. The molecule has 3 rings (SSSR count). The fraction of sp³-hybridized carbons (Fsp3) is 0.462. The Morgan fingerprint density at radius 2 is 2.35 bits per heavy atom. The molecular weight excluding hydrogens is 214 g/mol. The van der Waals surface area contributed by atoms with Gasteiger partial charge in [0, 0.05) is 25.6 Å². The fourth-order valence-electron chi connectivity index (χ4n) is 2.14. The third-order valence-electron chi connectivity index (χ3n) is 3.44. The number of aliphatic hydroxyl groups is 1. The quantitative estimate of drug-likeness (QED) is 0.870. The Hall–Kier alpha value is -1.55. The van der Waals surface area contributed by atoms with Gasteiger partial charge in [-0.2, -0.15) is 0 Å². The normalized spacial score (nSPS) is 17.3. The smallest absolute Gasteiger partial charge is 0.0946 e. The summed E-state index contributed by atoms with van der Waals surface area (Å²) in [5, 5.41) is 10.0. The molecule has 0 spiro atoms. The van der Waals surface area contributed by atoms with Gasteiger partial charge in [-0.1, -0.05) is 0 Å². The predicted octanol–water partition coefficient (Wildman–Crippen LogP) is 1.71. The lowest BCUT2D eigenvalue weighted by molar-refractivity contribution is 0.154. The summed E-state index contributed by atoms with van der Waals surface area (Å²) in [5.41, 5.74) is 2.20. The van der Waals surface area contributed by atoms with Crippen molar-refractivity contribution >= 4 is 0 Å². The Balaban J connectivity index is 1.74. The van der Waals surface area contributed by atoms with Crippen molar-refractivity contribution in [2.24, 2.45) is 13.0 Å². The number of hydrogen-bond acceptors (Lipinski definition) is 2. The van der Waals surface area contributed by atoms with Gasteiger partial charge in [-0.15, -0.1) is 0 Å². The first-order valence-corrected chi connectivity index (χ1v) is 6.03. The van der Waals surface area contributed by atoms with E-state index in [1.807, 2.05) is 36.3 Å². The van der Waals surface area contributed by atoms with Gasteiger partial charge in [0.2, 0.25) is 0 Å². The van der Waals surface area contributed by atoms with Crippen LogP contribution in [0.1, 0.15) is 30.2 Å². The number of aliphatic hydroxyl groups excluding tert-OH is 1. The van der Waals surface area contributed by atoms with Crippen molar-refractivity contribution < 1.29 is 5.11 Å². The number of imidazole rings is 1. The van der Waals surface area contributed by atoms with Crippen LogP contribution in [0.3, 0.4) is 0 Å². The summed E-state index contributed by atoms with van der Waals surface area (Å²) in [5.74, 6) is 0.488. The van der Waals surface area contributed by atoms with E-state index in [9.17, 15) is 5.11 Å². The minimum Gasteiger partial charge on any atom is -0.388 e. The van der Waals surface area contributed by atoms with Crippen LogP contribution in [0.5, 0.6) is 0 Å². The Kier molecular flexibility index (Phi) is 2.52. The van der Waals surface area contributed by atoms with Crippen molar-refractivity contribution in [2.75, 3.05) is 0 Å². The van der Waals surface area contributed by atoms with Gasteiger partial charge >= 0.3 is 0 Å². The Morgan fingerprint density at radius 3 is 3.00 bits per heavy atom. The minimum atomic E-state index is -0.275. The molecule has 4 heteroatoms. The van der Waals surface area contributed by atoms with E-state index in [0.29, 0.717) is 5.92 Å². The van der Waals surface area contributed by atoms with Crippen molar-refractivity contribution in [1.82, 2.24) is 14.1 Å². The lowest BCUT2D eigenvalue weighted by Gasteiger charge is -2.06. The summed E-state index contributed by atoms with van der Waals surface area (Å²) in [6.45, 7) is 0.799. The van der Waals surface area contributed by atoms with Gasteiger partial charge in [0.05, 0.1) is 24.7 Å². The van der Waals surface area contributed by atoms with Crippen molar-refractivity contribution in [3.8, 4) is 0 Å². The number of nitrogens with zero attached hydrogens (tertiary/aromatic N) is 3. The van der Waals surface area contributed by atoms with Crippen LogP contribution >= 0.6 is 0 Å². The van der Waals surface area contributed by atoms with Gasteiger partial charge in [0.15, 0.2) is 0 Å². The molecule has 1 fully saturated rings. The molecule has 1 N–H and O–H groups in total. The van der Waals surface area contributed by atoms with Crippen LogP contribution in [-0.2, 0) is 13.6 Å². The minimum absolute atomic E-state index is 0.275. The first-order chi connectivity index (χ1) is 8.24. The zero-order valence-electron chi connectivity index (χ0n) is 9.95. The summed E-state index contributed by atoms with van der Waals surface area (Å²) in [6.07, 6.45) is 9.78. The molecule has 17 heavy (non-hydrogen) atoms. The summed E-state index contributed by atoms with van der Waals surface area (Å²) in [6, 6.07) is 2.01. The first kappa shape index (κ1) is 10.6. The summed E-state index contributed by atoms with van der Waals surface area (Å²) in [7, 11) is 1.99. The average molecular weight is 231 g/mol. The number of rotatable bonds is 4. The molecule has 2 heterocycles. The van der Waals surface area contributed by atoms with Crippen LogP contribution in [0.2, 0.25) is 0 Å². The molecule has 2 aromatic rings. The predicted molar refractivity (Wildman–Crippen MR) is 64.4 cm³/mol. The molecule has 0 aliphatic heterocycles. The average Bonchev–Trinajstić information content (AvgIpc) is 2.95. The molecule has 90 valence electrons. The third-order valence-corrected chi connectivity index (χ3v) is 3.44. The maximum Gasteiger partial charge on any atom is 0.0946 e. The monoisotopic (exact) mass is 231 g/mol. The molecule has 0 saturated heterocycles. The molecule has 0 amide bonds. The fourth-order valence-corrected chi connectivity index (χ4v) is 2.14. The zero-order chi connectivity index (χ0) is 11.8. The molecule has 0 radical (unpaired) electrons. The summed E-state index contributed by atoms with van der Waals surface area (Å²) in [4.78, 5) is 4.10. The van der Waals surface area contributed by atoms with Crippen molar-refractivity contribution in [3.63, 3.8) is 0 Å². The molecule has 1 atom stereocenters. The topological polar surface area (TPSA) is 43.0 Å². The highest BCUT2D eigenvalue weighted by atomic mass is 16.3. The lowest BCUT2D eigenvalue weighted by Crippen LogP contribution is -2.02. The van der Waals surface area contributed by atoms with Crippen LogP contribution in [0, 0.1) is 5.92 Å². The first-order valence-electron chi connectivity index (χ1n) is 6.03. The second-order valence-electron chi connectivity index (χ2n) is 4.90. The molecule has 1 aliphatic carbocycles. The van der Waals surface area contributed by atoms with E-state index in [1.54, 1.807) is 6.33 Å². The highest BCUT2D eigenvalue weighted by molar-refractivity contribution is 5.17. The van der Waals surface area contributed by atoms with Crippen LogP contribution in [0.4, 0.5) is 0 Å². The number of aromatic nitrogens is 3. The summed E-state index contributed by atoms with van der Waals surface area (Å²) < 4.78 is 4.11. The van der Waals surface area contributed by atoms with Crippen molar-refractivity contribution in [2.45, 2.75) is 25.5 Å². The number of hydrogen-bond donors (Lipinski definition) is 1. The molecule has 0 bridgehead atoms. The molecule has 1 aliphatic rings. The van der Waals surface area contributed by atoms with Gasteiger partial charge in [0.25, 0.3) is 0 Å². The standard InChI is InChI=1S/C13H17N3O/c1-15-9-14-6-12(15)8-16-5-4-11(7-16)13(17)10-2-3-10/h4-7,9-10,13,17H,2-3,8H2,1H3. The summed E-state index contributed by atoms with van der Waals surface area (Å²) >= 11 is 0. The van der Waals surface area contributed by atoms with Crippen molar-refractivity contribution in [3.05, 3.63) is 42.2 Å². The number of aryl methyl sites for hydroxylation is 1. The molecule has 1 unspecified atom stereocenters. The van der Waals surface area contributed by atoms with Crippen LogP contribution in [0.25, 0.3) is 0 Å². The Morgan fingerprint density at radius 1 is 1.53 bits per heavy atom. The van der Waals surface area contributed by atoms with Gasteiger partial charge in [-0.25, -0.2) is 4.98 Å². The Bertz CT molecular complexity index is 510. The lowest BCUT2D eigenvalue weighted by atomic mass is 10.1. The molecule has 1 saturated carbocycles. The van der Waals surface area contributed by atoms with Crippen LogP contribution < -0.4 is 0 Å². The van der Waals surface area contributed by atoms with Gasteiger partial charge in [0.1, 0.15) is 0 Å². The van der Waals surface area contributed by atoms with Crippen LogP contribution in [-0.4, -0.2) is 19.2 Å². The Labute approximate surface area is 101 Å². The van der Waals surface area contributed by atoms with Gasteiger partial charge in [-0.3, -0.25) is 0 Å². The van der Waals surface area contributed by atoms with Crippen molar-refractivity contribution in [1.29, 1.82) is 0 Å². The second kappa shape index (κ2) is 4.04. The van der Waals surface area contributed by atoms with E-state index in [-0.39, 0.29) is 6.10 Å². The van der Waals surface area contributed by atoms with E-state index in [2.05, 4.69) is 9.55 Å². The van der Waals surface area contributed by atoms with Gasteiger partial charge < -0.3 is 14.2 Å². The van der Waals surface area contributed by atoms with E-state index in [4.69, 9.17) is 0 Å². The van der Waals surface area contributed by atoms with E-state index < -0.39 is 0 Å². The third kappa shape index (κ3) is 2.13. The van der Waals surface area contributed by atoms with E-state index in [0.717, 1.165) is 30.6 Å². The SMILES string of the molecule is Cn1cncc1Cn1ccc(C(O)C2CC2)c1. The molecule has 4 nitrogen and oxygen atoms in total. The van der Waals surface area contributed by atoms with Crippen LogP contribution in [0.15, 0.2) is 31.0 Å². The highest BCUT2D eigenvalue weighted by Crippen LogP contribution is 2.40. The maximum atomic E-state index is 10.0. The van der Waals surface area contributed by atoms with E-state index in [1.165, 1.54) is 0 Å². The second-order valence-corrected chi connectivity index (χ2v) is 4.90. The molecule has 2 aromatic heterocycles. The van der Waals surface area contributed by atoms with Gasteiger partial charge in [-0.05, 0) is 30.4 Å². The molecular formula is C13H17N3O. The zero-order valence-corrected chi connectivity index (χ0v) is 9.95. The molecule has 0 aromatic carbocycles. The largest absolute Gasteiger partial charge is 0.388 e. The van der Waals surface area contributed by atoms with E-state index >= 15 is 0 Å². The highest BCUT2D eigenvalue weighted by Gasteiger charge is 2.31.